The average molecular weight is 553 g/mol. The van der Waals surface area contributed by atoms with Gasteiger partial charge in [0.05, 0.1) is 6.33 Å². The number of nitrogens with two attached hydrogens (primary N) is 2. The maximum absolute atomic E-state index is 13.4. The molecule has 39 heavy (non-hydrogen) atoms. The fraction of sp³-hybridized carbons (Fsp3) is 0.680. The molecule has 10 N–H and O–H groups in total. The number of aromatic nitrogens is 2. The van der Waals surface area contributed by atoms with Crippen LogP contribution in [0, 0.1) is 17.8 Å². The van der Waals surface area contributed by atoms with Gasteiger partial charge in [0.15, 0.2) is 0 Å². The Morgan fingerprint density at radius 3 is 2.15 bits per heavy atom. The van der Waals surface area contributed by atoms with Crippen LogP contribution in [-0.4, -0.2) is 69.4 Å². The monoisotopic (exact) mass is 552 g/mol. The van der Waals surface area contributed by atoms with Gasteiger partial charge in [-0.25, -0.2) is 10.5 Å². The lowest BCUT2D eigenvalue weighted by Gasteiger charge is -2.28. The SMILES string of the molecule is CC(C)C[C@H](CC(=O)NO)C(=O)N[C@H](C(=O)N[C@@H](Cc1cnc[nH]1)C(=O)N[C@@H](CCCCN)C(N)=O)C(C)C. The third kappa shape index (κ3) is 12.3. The van der Waals surface area contributed by atoms with Gasteiger partial charge in [0, 0.05) is 30.7 Å². The molecule has 1 aromatic rings. The third-order valence-corrected chi connectivity index (χ3v) is 6.15. The highest BCUT2D eigenvalue weighted by atomic mass is 16.5. The first-order chi connectivity index (χ1) is 18.4. The number of imidazole rings is 1. The zero-order valence-electron chi connectivity index (χ0n) is 23.2. The van der Waals surface area contributed by atoms with Crippen LogP contribution in [0.2, 0.25) is 0 Å². The number of unbranched alkanes of at least 4 members (excludes halogenated alkanes) is 1. The standard InChI is InChI=1S/C25H44N8O6/c1-14(2)9-16(10-20(34)33-39)23(36)32-21(15(3)4)25(38)31-19(11-17-12-28-13-29-17)24(37)30-18(22(27)35)7-5-6-8-26/h12-16,18-19,21,39H,5-11,26H2,1-4H3,(H2,27,35)(H,28,29)(H,30,37)(H,31,38)(H,32,36)(H,33,34)/t16-,18+,19+,21+/m1/s1. The summed E-state index contributed by atoms with van der Waals surface area (Å²) in [5, 5.41) is 16.9. The van der Waals surface area contributed by atoms with E-state index in [9.17, 15) is 24.0 Å². The number of carbonyl (C=O) groups excluding carboxylic acids is 5. The van der Waals surface area contributed by atoms with Gasteiger partial charge in [0.25, 0.3) is 0 Å². The lowest BCUT2D eigenvalue weighted by atomic mass is 9.92. The van der Waals surface area contributed by atoms with Crippen molar-refractivity contribution in [2.24, 2.45) is 29.2 Å². The van der Waals surface area contributed by atoms with E-state index in [0.717, 1.165) is 0 Å². The lowest BCUT2D eigenvalue weighted by Crippen LogP contribution is -2.58. The molecule has 0 aromatic carbocycles. The highest BCUT2D eigenvalue weighted by molar-refractivity contribution is 5.95. The molecular formula is C25H44N8O6. The molecule has 0 saturated carbocycles. The second kappa shape index (κ2) is 17.1. The minimum Gasteiger partial charge on any atom is -0.368 e. The first-order valence-electron chi connectivity index (χ1n) is 13.2. The second-order valence-electron chi connectivity index (χ2n) is 10.4. The smallest absolute Gasteiger partial charge is 0.244 e. The number of nitrogens with zero attached hydrogens (tertiary/aromatic N) is 1. The zero-order chi connectivity index (χ0) is 29.5. The van der Waals surface area contributed by atoms with Gasteiger partial charge in [-0.3, -0.25) is 29.2 Å². The Morgan fingerprint density at radius 1 is 0.974 bits per heavy atom. The Hall–Kier alpha value is -3.52. The van der Waals surface area contributed by atoms with Crippen molar-refractivity contribution in [2.75, 3.05) is 6.54 Å². The van der Waals surface area contributed by atoms with E-state index < -0.39 is 53.6 Å². The lowest BCUT2D eigenvalue weighted by molar-refractivity contribution is -0.137. The van der Waals surface area contributed by atoms with Gasteiger partial charge >= 0.3 is 0 Å². The van der Waals surface area contributed by atoms with Gasteiger partial charge in [-0.2, -0.15) is 0 Å². The van der Waals surface area contributed by atoms with Crippen molar-refractivity contribution < 1.29 is 29.2 Å². The van der Waals surface area contributed by atoms with Gasteiger partial charge in [-0.05, 0) is 44.1 Å². The number of amides is 5. The first kappa shape index (κ1) is 33.5. The minimum absolute atomic E-state index is 0.0390. The number of carbonyl (C=O) groups is 5. The number of hydrogen-bond donors (Lipinski definition) is 8. The number of hydrogen-bond acceptors (Lipinski definition) is 8. The summed E-state index contributed by atoms with van der Waals surface area (Å²) in [4.78, 5) is 70.1. The van der Waals surface area contributed by atoms with Crippen molar-refractivity contribution >= 4 is 29.5 Å². The quantitative estimate of drug-likeness (QED) is 0.0652. The van der Waals surface area contributed by atoms with Crippen molar-refractivity contribution in [3.8, 4) is 0 Å². The predicted octanol–water partition coefficient (Wildman–Crippen LogP) is -0.765. The molecule has 220 valence electrons. The van der Waals surface area contributed by atoms with Crippen LogP contribution >= 0.6 is 0 Å². The summed E-state index contributed by atoms with van der Waals surface area (Å²) in [6.07, 6.45) is 4.61. The molecule has 1 aromatic heterocycles. The molecule has 0 unspecified atom stereocenters. The summed E-state index contributed by atoms with van der Waals surface area (Å²) in [5.41, 5.74) is 13.1. The van der Waals surface area contributed by atoms with E-state index in [1.165, 1.54) is 18.0 Å². The normalized spacial score (nSPS) is 14.3. The number of primary amides is 1. The van der Waals surface area contributed by atoms with E-state index in [2.05, 4.69) is 25.9 Å². The van der Waals surface area contributed by atoms with E-state index in [-0.39, 0.29) is 24.7 Å². The molecule has 0 aliphatic rings. The molecule has 5 amide bonds. The van der Waals surface area contributed by atoms with Crippen molar-refractivity contribution in [3.63, 3.8) is 0 Å². The fourth-order valence-corrected chi connectivity index (χ4v) is 4.07. The molecule has 14 heteroatoms. The summed E-state index contributed by atoms with van der Waals surface area (Å²) in [7, 11) is 0. The Morgan fingerprint density at radius 2 is 1.64 bits per heavy atom. The molecule has 4 atom stereocenters. The zero-order valence-corrected chi connectivity index (χ0v) is 23.2. The average Bonchev–Trinajstić information content (AvgIpc) is 3.38. The molecule has 0 aliphatic carbocycles. The van der Waals surface area contributed by atoms with Crippen LogP contribution in [-0.2, 0) is 30.4 Å². The van der Waals surface area contributed by atoms with Gasteiger partial charge in [-0.1, -0.05) is 27.7 Å². The molecule has 0 aliphatic heterocycles. The number of H-pyrrole nitrogens is 1. The van der Waals surface area contributed by atoms with Crippen molar-refractivity contribution in [2.45, 2.75) is 84.3 Å². The van der Waals surface area contributed by atoms with E-state index in [0.29, 0.717) is 37.9 Å². The number of rotatable bonds is 18. The number of aromatic amines is 1. The summed E-state index contributed by atoms with van der Waals surface area (Å²) in [6, 6.07) is -3.09. The summed E-state index contributed by atoms with van der Waals surface area (Å²) < 4.78 is 0. The summed E-state index contributed by atoms with van der Waals surface area (Å²) in [6.45, 7) is 7.67. The molecule has 0 saturated heterocycles. The van der Waals surface area contributed by atoms with Crippen molar-refractivity contribution in [1.29, 1.82) is 0 Å². The Labute approximate surface area is 228 Å². The molecule has 1 rings (SSSR count). The number of nitrogens with one attached hydrogen (secondary N) is 5. The molecule has 0 fully saturated rings. The van der Waals surface area contributed by atoms with Crippen LogP contribution in [0.1, 0.15) is 65.5 Å². The molecule has 14 nitrogen and oxygen atoms in total. The predicted molar refractivity (Wildman–Crippen MR) is 143 cm³/mol. The van der Waals surface area contributed by atoms with Crippen LogP contribution in [0.15, 0.2) is 12.5 Å². The van der Waals surface area contributed by atoms with Gasteiger partial charge in [0.1, 0.15) is 18.1 Å². The van der Waals surface area contributed by atoms with Gasteiger partial charge in [0.2, 0.25) is 29.5 Å². The van der Waals surface area contributed by atoms with E-state index in [1.807, 2.05) is 13.8 Å². The highest BCUT2D eigenvalue weighted by Crippen LogP contribution is 2.17. The molecule has 0 spiro atoms. The summed E-state index contributed by atoms with van der Waals surface area (Å²) in [5.74, 6) is -4.26. The largest absolute Gasteiger partial charge is 0.368 e. The van der Waals surface area contributed by atoms with Crippen LogP contribution in [0.4, 0.5) is 0 Å². The van der Waals surface area contributed by atoms with E-state index in [4.69, 9.17) is 16.7 Å². The fourth-order valence-electron chi connectivity index (χ4n) is 4.07. The van der Waals surface area contributed by atoms with Crippen LogP contribution in [0.25, 0.3) is 0 Å². The van der Waals surface area contributed by atoms with Crippen molar-refractivity contribution in [3.05, 3.63) is 18.2 Å². The maximum Gasteiger partial charge on any atom is 0.244 e. The van der Waals surface area contributed by atoms with Crippen LogP contribution in [0.5, 0.6) is 0 Å². The molecule has 1 heterocycles. The number of hydroxylamine groups is 1. The van der Waals surface area contributed by atoms with Gasteiger partial charge < -0.3 is 32.4 Å². The Kier molecular flexibility index (Phi) is 14.7. The van der Waals surface area contributed by atoms with E-state index >= 15 is 0 Å². The minimum atomic E-state index is -1.11. The molecule has 0 bridgehead atoms. The Balaban J connectivity index is 3.09. The van der Waals surface area contributed by atoms with Crippen LogP contribution < -0.4 is 32.9 Å². The topological polar surface area (TPSA) is 234 Å². The van der Waals surface area contributed by atoms with Crippen LogP contribution in [0.3, 0.4) is 0 Å². The van der Waals surface area contributed by atoms with E-state index in [1.54, 1.807) is 13.8 Å². The van der Waals surface area contributed by atoms with Gasteiger partial charge in [-0.15, -0.1) is 0 Å². The maximum atomic E-state index is 13.4. The summed E-state index contributed by atoms with van der Waals surface area (Å²) >= 11 is 0. The third-order valence-electron chi connectivity index (χ3n) is 6.15. The molecule has 0 radical (unpaired) electrons. The highest BCUT2D eigenvalue weighted by Gasteiger charge is 2.33. The Bertz CT molecular complexity index is 937. The second-order valence-corrected chi connectivity index (χ2v) is 10.4. The first-order valence-corrected chi connectivity index (χ1v) is 13.2. The van der Waals surface area contributed by atoms with Crippen molar-refractivity contribution in [1.82, 2.24) is 31.4 Å². The molecular weight excluding hydrogens is 508 g/mol.